The molecule has 1 aromatic carbocycles. The summed E-state index contributed by atoms with van der Waals surface area (Å²) in [5.74, 6) is -0.251. The van der Waals surface area contributed by atoms with Crippen molar-refractivity contribution in [3.05, 3.63) is 57.9 Å². The Bertz CT molecular complexity index is 475. The Morgan fingerprint density at radius 2 is 2.24 bits per heavy atom. The highest BCUT2D eigenvalue weighted by molar-refractivity contribution is 8.05. The first-order chi connectivity index (χ1) is 8.27. The number of thioether (sulfide) groups is 1. The third-order valence-corrected chi connectivity index (χ3v) is 3.42. The van der Waals surface area contributed by atoms with E-state index in [0.29, 0.717) is 12.2 Å². The summed E-state index contributed by atoms with van der Waals surface area (Å²) in [7, 11) is 0. The van der Waals surface area contributed by atoms with Crippen molar-refractivity contribution in [2.45, 2.75) is 13.3 Å². The van der Waals surface area contributed by atoms with Crippen LogP contribution in [0.25, 0.3) is 0 Å². The van der Waals surface area contributed by atoms with Crippen molar-refractivity contribution in [2.75, 3.05) is 6.61 Å². The molecule has 0 aliphatic carbocycles. The normalized spacial score (nSPS) is 14.3. The average Bonchev–Trinajstić information content (AvgIpc) is 2.38. The maximum Gasteiger partial charge on any atom is 0.338 e. The minimum Gasteiger partial charge on any atom is -0.457 e. The van der Waals surface area contributed by atoms with Gasteiger partial charge in [0.2, 0.25) is 0 Å². The molecule has 0 fully saturated rings. The summed E-state index contributed by atoms with van der Waals surface area (Å²) in [4.78, 5) is 12.9. The Morgan fingerprint density at radius 1 is 1.41 bits per heavy atom. The second-order valence-electron chi connectivity index (χ2n) is 3.79. The van der Waals surface area contributed by atoms with Crippen LogP contribution in [0.3, 0.4) is 0 Å². The average molecular weight is 246 g/mol. The van der Waals surface area contributed by atoms with E-state index in [1.807, 2.05) is 30.5 Å². The lowest BCUT2D eigenvalue weighted by molar-refractivity contribution is 0.0545. The highest BCUT2D eigenvalue weighted by atomic mass is 32.2. The van der Waals surface area contributed by atoms with Crippen molar-refractivity contribution in [2.24, 2.45) is 0 Å². The Labute approximate surface area is 105 Å². The quantitative estimate of drug-likeness (QED) is 0.761. The van der Waals surface area contributed by atoms with Crippen LogP contribution in [0.5, 0.6) is 0 Å². The molecule has 3 heteroatoms. The molecule has 1 aromatic rings. The number of hydrogen-bond acceptors (Lipinski definition) is 3. The van der Waals surface area contributed by atoms with Crippen LogP contribution in [-0.2, 0) is 4.74 Å². The zero-order valence-corrected chi connectivity index (χ0v) is 10.5. The summed E-state index contributed by atoms with van der Waals surface area (Å²) in [5.41, 5.74) is 1.59. The molecule has 0 spiro atoms. The molecule has 1 aliphatic heterocycles. The van der Waals surface area contributed by atoms with Crippen molar-refractivity contribution in [1.29, 1.82) is 0 Å². The number of esters is 1. The predicted octanol–water partition coefficient (Wildman–Crippen LogP) is 3.69. The highest BCUT2D eigenvalue weighted by Gasteiger charge is 2.10. The van der Waals surface area contributed by atoms with Gasteiger partial charge in [-0.05, 0) is 30.4 Å². The van der Waals surface area contributed by atoms with Gasteiger partial charge < -0.3 is 4.74 Å². The Hall–Kier alpha value is -1.48. The molecule has 0 amide bonds. The highest BCUT2D eigenvalue weighted by Crippen LogP contribution is 2.23. The standard InChI is InChI=1S/C14H14O2S/c1-11-6-2-3-8-13(11)14(15)16-10-12-7-4-5-9-17-12/h2-3,5-9H,4,10H2,1H3. The van der Waals surface area contributed by atoms with E-state index in [9.17, 15) is 4.79 Å². The third kappa shape index (κ3) is 3.24. The van der Waals surface area contributed by atoms with Crippen molar-refractivity contribution in [3.8, 4) is 0 Å². The third-order valence-electron chi connectivity index (χ3n) is 2.51. The molecular formula is C14H14O2S. The lowest BCUT2D eigenvalue weighted by Gasteiger charge is -2.10. The first kappa shape index (κ1) is 12.0. The van der Waals surface area contributed by atoms with Gasteiger partial charge in [0.1, 0.15) is 6.61 Å². The molecule has 0 saturated heterocycles. The first-order valence-electron chi connectivity index (χ1n) is 5.51. The van der Waals surface area contributed by atoms with Crippen molar-refractivity contribution >= 4 is 17.7 Å². The van der Waals surface area contributed by atoms with Crippen molar-refractivity contribution < 1.29 is 9.53 Å². The smallest absolute Gasteiger partial charge is 0.338 e. The van der Waals surface area contributed by atoms with E-state index >= 15 is 0 Å². The second-order valence-corrected chi connectivity index (χ2v) is 4.82. The molecule has 17 heavy (non-hydrogen) atoms. The number of carbonyl (C=O) groups excluding carboxylic acids is 1. The molecule has 0 N–H and O–H groups in total. The molecule has 0 bridgehead atoms. The van der Waals surface area contributed by atoms with E-state index in [1.54, 1.807) is 17.8 Å². The lowest BCUT2D eigenvalue weighted by atomic mass is 10.1. The van der Waals surface area contributed by atoms with Gasteiger partial charge in [0.25, 0.3) is 0 Å². The molecular weight excluding hydrogens is 232 g/mol. The second kappa shape index (κ2) is 5.73. The van der Waals surface area contributed by atoms with Crippen molar-refractivity contribution in [3.63, 3.8) is 0 Å². The molecule has 0 aromatic heterocycles. The number of aryl methyl sites for hydroxylation is 1. The lowest BCUT2D eigenvalue weighted by Crippen LogP contribution is -2.08. The van der Waals surface area contributed by atoms with Gasteiger partial charge in [-0.15, -0.1) is 0 Å². The van der Waals surface area contributed by atoms with Crippen LogP contribution in [0, 0.1) is 6.92 Å². The number of ether oxygens (including phenoxy) is 1. The van der Waals surface area contributed by atoms with Gasteiger partial charge in [-0.25, -0.2) is 4.79 Å². The van der Waals surface area contributed by atoms with Crippen LogP contribution in [0.2, 0.25) is 0 Å². The topological polar surface area (TPSA) is 26.3 Å². The minimum atomic E-state index is -0.251. The van der Waals surface area contributed by atoms with E-state index in [4.69, 9.17) is 4.74 Å². The van der Waals surface area contributed by atoms with Gasteiger partial charge in [0.05, 0.1) is 5.56 Å². The Balaban J connectivity index is 1.94. The summed E-state index contributed by atoms with van der Waals surface area (Å²) in [6.07, 6.45) is 5.08. The van der Waals surface area contributed by atoms with Gasteiger partial charge in [0, 0.05) is 4.91 Å². The molecule has 2 rings (SSSR count). The summed E-state index contributed by atoms with van der Waals surface area (Å²) in [6.45, 7) is 2.27. The fraction of sp³-hybridized carbons (Fsp3) is 0.214. The van der Waals surface area contributed by atoms with Crippen LogP contribution in [0.1, 0.15) is 22.3 Å². The van der Waals surface area contributed by atoms with E-state index in [-0.39, 0.29) is 5.97 Å². The van der Waals surface area contributed by atoms with Gasteiger partial charge in [-0.3, -0.25) is 0 Å². The molecule has 0 saturated carbocycles. The van der Waals surface area contributed by atoms with E-state index in [1.165, 1.54) is 0 Å². The zero-order valence-electron chi connectivity index (χ0n) is 9.68. The largest absolute Gasteiger partial charge is 0.457 e. The van der Waals surface area contributed by atoms with Gasteiger partial charge in [-0.1, -0.05) is 42.1 Å². The first-order valence-corrected chi connectivity index (χ1v) is 6.39. The molecule has 0 radical (unpaired) electrons. The van der Waals surface area contributed by atoms with Crippen LogP contribution in [0.15, 0.2) is 46.7 Å². The summed E-state index contributed by atoms with van der Waals surface area (Å²) < 4.78 is 5.29. The summed E-state index contributed by atoms with van der Waals surface area (Å²) in [5, 5.41) is 2.02. The minimum absolute atomic E-state index is 0.251. The maximum atomic E-state index is 11.8. The number of benzene rings is 1. The van der Waals surface area contributed by atoms with Crippen LogP contribution in [-0.4, -0.2) is 12.6 Å². The number of hydrogen-bond donors (Lipinski definition) is 0. The van der Waals surface area contributed by atoms with Crippen LogP contribution >= 0.6 is 11.8 Å². The van der Waals surface area contributed by atoms with Gasteiger partial charge in [0.15, 0.2) is 0 Å². The fourth-order valence-corrected chi connectivity index (χ4v) is 2.25. The summed E-state index contributed by atoms with van der Waals surface area (Å²) >= 11 is 1.61. The fourth-order valence-electron chi connectivity index (χ4n) is 1.55. The van der Waals surface area contributed by atoms with Gasteiger partial charge >= 0.3 is 5.97 Å². The van der Waals surface area contributed by atoms with Gasteiger partial charge in [-0.2, -0.15) is 0 Å². The monoisotopic (exact) mass is 246 g/mol. The predicted molar refractivity (Wildman–Crippen MR) is 70.9 cm³/mol. The molecule has 1 aliphatic rings. The van der Waals surface area contributed by atoms with E-state index in [0.717, 1.165) is 16.9 Å². The number of allylic oxidation sites excluding steroid dienone is 2. The zero-order chi connectivity index (χ0) is 12.1. The molecule has 0 unspecified atom stereocenters. The number of carbonyl (C=O) groups is 1. The summed E-state index contributed by atoms with van der Waals surface area (Å²) in [6, 6.07) is 7.46. The number of rotatable bonds is 3. The van der Waals surface area contributed by atoms with Crippen molar-refractivity contribution in [1.82, 2.24) is 0 Å². The van der Waals surface area contributed by atoms with Crippen LogP contribution in [0.4, 0.5) is 0 Å². The molecule has 2 nitrogen and oxygen atoms in total. The maximum absolute atomic E-state index is 11.8. The molecule has 0 atom stereocenters. The molecule has 88 valence electrons. The van der Waals surface area contributed by atoms with E-state index < -0.39 is 0 Å². The Kier molecular flexibility index (Phi) is 4.04. The molecule has 1 heterocycles. The van der Waals surface area contributed by atoms with Crippen LogP contribution < -0.4 is 0 Å². The SMILES string of the molecule is Cc1ccccc1C(=O)OCC1=CCC=CS1. The van der Waals surface area contributed by atoms with E-state index in [2.05, 4.69) is 12.2 Å². The Morgan fingerprint density at radius 3 is 2.94 bits per heavy atom.